The Morgan fingerprint density at radius 1 is 1.15 bits per heavy atom. The van der Waals surface area contributed by atoms with Crippen molar-refractivity contribution in [3.05, 3.63) is 11.9 Å². The van der Waals surface area contributed by atoms with Gasteiger partial charge >= 0.3 is 0 Å². The summed E-state index contributed by atoms with van der Waals surface area (Å²) in [6, 6.07) is 1.91. The van der Waals surface area contributed by atoms with Crippen LogP contribution in [0.5, 0.6) is 0 Å². The Kier molecular flexibility index (Phi) is 7.91. The third-order valence-corrected chi connectivity index (χ3v) is 2.72. The third kappa shape index (κ3) is 6.16. The van der Waals surface area contributed by atoms with Crippen LogP contribution < -0.4 is 10.6 Å². The Hall–Kier alpha value is -1.40. The van der Waals surface area contributed by atoms with Gasteiger partial charge in [-0.2, -0.15) is 0 Å². The minimum absolute atomic E-state index is 0.307. The van der Waals surface area contributed by atoms with Gasteiger partial charge in [0, 0.05) is 39.3 Å². The highest BCUT2D eigenvalue weighted by molar-refractivity contribution is 5.47. The second-order valence-electron chi connectivity index (χ2n) is 4.79. The highest BCUT2D eigenvalue weighted by atomic mass is 16.5. The molecule has 6 nitrogen and oxygen atoms in total. The number of hydrogen-bond donors (Lipinski definition) is 2. The number of nitrogens with one attached hydrogen (secondary N) is 2. The van der Waals surface area contributed by atoms with Crippen molar-refractivity contribution in [2.45, 2.75) is 26.2 Å². The SMILES string of the molecule is CNc1cc(NCCCOCCOC)nc(C(C)C)n1. The Morgan fingerprint density at radius 2 is 1.90 bits per heavy atom. The first-order chi connectivity index (χ1) is 9.67. The molecule has 1 aromatic heterocycles. The Balaban J connectivity index is 2.37. The number of rotatable bonds is 10. The van der Waals surface area contributed by atoms with Gasteiger partial charge in [0.15, 0.2) is 0 Å². The summed E-state index contributed by atoms with van der Waals surface area (Å²) in [5.74, 6) is 2.84. The fraction of sp³-hybridized carbons (Fsp3) is 0.714. The first kappa shape index (κ1) is 16.7. The molecule has 2 N–H and O–H groups in total. The molecule has 0 fully saturated rings. The van der Waals surface area contributed by atoms with Crippen LogP contribution in [0, 0.1) is 0 Å². The van der Waals surface area contributed by atoms with Crippen LogP contribution in [0.15, 0.2) is 6.07 Å². The summed E-state index contributed by atoms with van der Waals surface area (Å²) >= 11 is 0. The van der Waals surface area contributed by atoms with E-state index in [-0.39, 0.29) is 0 Å². The molecule has 1 aromatic rings. The maximum Gasteiger partial charge on any atom is 0.135 e. The van der Waals surface area contributed by atoms with Crippen molar-refractivity contribution in [3.63, 3.8) is 0 Å². The van der Waals surface area contributed by atoms with Crippen LogP contribution in [-0.2, 0) is 9.47 Å². The van der Waals surface area contributed by atoms with Crippen molar-refractivity contribution in [2.24, 2.45) is 0 Å². The predicted octanol–water partition coefficient (Wildman–Crippen LogP) is 2.11. The molecule has 0 saturated heterocycles. The van der Waals surface area contributed by atoms with E-state index in [1.54, 1.807) is 7.11 Å². The van der Waals surface area contributed by atoms with Gasteiger partial charge in [-0.15, -0.1) is 0 Å². The zero-order chi connectivity index (χ0) is 14.8. The number of nitrogens with zero attached hydrogens (tertiary/aromatic N) is 2. The highest BCUT2D eigenvalue weighted by Crippen LogP contribution is 2.16. The minimum atomic E-state index is 0.307. The van der Waals surface area contributed by atoms with Crippen LogP contribution in [0.1, 0.15) is 32.0 Å². The molecule has 0 radical (unpaired) electrons. The molecular formula is C14H26N4O2. The molecule has 1 rings (SSSR count). The van der Waals surface area contributed by atoms with Gasteiger partial charge in [-0.3, -0.25) is 0 Å². The summed E-state index contributed by atoms with van der Waals surface area (Å²) in [7, 11) is 3.53. The molecule has 1 heterocycles. The predicted molar refractivity (Wildman–Crippen MR) is 81.5 cm³/mol. The van der Waals surface area contributed by atoms with Gasteiger partial charge in [-0.25, -0.2) is 9.97 Å². The van der Waals surface area contributed by atoms with E-state index in [1.165, 1.54) is 0 Å². The first-order valence-corrected chi connectivity index (χ1v) is 7.04. The second-order valence-corrected chi connectivity index (χ2v) is 4.79. The average Bonchev–Trinajstić information content (AvgIpc) is 2.46. The van der Waals surface area contributed by atoms with Crippen molar-refractivity contribution in [2.75, 3.05) is 51.2 Å². The van der Waals surface area contributed by atoms with Crippen molar-refractivity contribution >= 4 is 11.6 Å². The smallest absolute Gasteiger partial charge is 0.135 e. The van der Waals surface area contributed by atoms with Crippen LogP contribution in [0.25, 0.3) is 0 Å². The second kappa shape index (κ2) is 9.50. The van der Waals surface area contributed by atoms with E-state index in [1.807, 2.05) is 13.1 Å². The highest BCUT2D eigenvalue weighted by Gasteiger charge is 2.07. The lowest BCUT2D eigenvalue weighted by Gasteiger charge is -2.11. The normalized spacial score (nSPS) is 10.8. The molecule has 0 saturated carbocycles. The molecule has 0 aromatic carbocycles. The summed E-state index contributed by atoms with van der Waals surface area (Å²) in [5, 5.41) is 6.36. The molecule has 0 aliphatic carbocycles. The summed E-state index contributed by atoms with van der Waals surface area (Å²) in [5.41, 5.74) is 0. The van der Waals surface area contributed by atoms with Crippen LogP contribution >= 0.6 is 0 Å². The lowest BCUT2D eigenvalue weighted by atomic mass is 10.2. The molecule has 0 aliphatic rings. The average molecular weight is 282 g/mol. The zero-order valence-electron chi connectivity index (χ0n) is 12.9. The fourth-order valence-electron chi connectivity index (χ4n) is 1.58. The van der Waals surface area contributed by atoms with Gasteiger partial charge in [0.2, 0.25) is 0 Å². The molecule has 0 amide bonds. The van der Waals surface area contributed by atoms with Crippen molar-refractivity contribution in [1.29, 1.82) is 0 Å². The van der Waals surface area contributed by atoms with Crippen molar-refractivity contribution < 1.29 is 9.47 Å². The number of ether oxygens (including phenoxy) is 2. The third-order valence-electron chi connectivity index (χ3n) is 2.72. The topological polar surface area (TPSA) is 68.3 Å². The lowest BCUT2D eigenvalue weighted by molar-refractivity contribution is 0.0705. The van der Waals surface area contributed by atoms with E-state index in [9.17, 15) is 0 Å². The van der Waals surface area contributed by atoms with Gasteiger partial charge in [0.25, 0.3) is 0 Å². The monoisotopic (exact) mass is 282 g/mol. The molecule has 0 aliphatic heterocycles. The largest absolute Gasteiger partial charge is 0.382 e. The molecule has 0 unspecified atom stereocenters. The van der Waals surface area contributed by atoms with Gasteiger partial charge in [0.1, 0.15) is 17.5 Å². The van der Waals surface area contributed by atoms with E-state index in [2.05, 4.69) is 34.4 Å². The van der Waals surface area contributed by atoms with Gasteiger partial charge in [-0.05, 0) is 6.42 Å². The van der Waals surface area contributed by atoms with E-state index in [4.69, 9.17) is 9.47 Å². The number of anilines is 2. The lowest BCUT2D eigenvalue weighted by Crippen LogP contribution is -2.11. The van der Waals surface area contributed by atoms with E-state index in [0.29, 0.717) is 19.1 Å². The van der Waals surface area contributed by atoms with Crippen molar-refractivity contribution in [3.8, 4) is 0 Å². The maximum absolute atomic E-state index is 5.41. The standard InChI is InChI=1S/C14H26N4O2/c1-11(2)14-17-12(15-3)10-13(18-14)16-6-5-7-20-9-8-19-4/h10-11H,5-9H2,1-4H3,(H2,15,16,17,18). The van der Waals surface area contributed by atoms with Gasteiger partial charge in [0.05, 0.1) is 13.2 Å². The minimum Gasteiger partial charge on any atom is -0.382 e. The molecule has 20 heavy (non-hydrogen) atoms. The van der Waals surface area contributed by atoms with E-state index >= 15 is 0 Å². The Morgan fingerprint density at radius 3 is 2.55 bits per heavy atom. The number of methoxy groups -OCH3 is 1. The maximum atomic E-state index is 5.41. The molecular weight excluding hydrogens is 256 g/mol. The van der Waals surface area contributed by atoms with E-state index in [0.717, 1.165) is 37.0 Å². The molecule has 0 bridgehead atoms. The van der Waals surface area contributed by atoms with Crippen LogP contribution in [0.4, 0.5) is 11.6 Å². The van der Waals surface area contributed by atoms with Gasteiger partial charge in [-0.1, -0.05) is 13.8 Å². The zero-order valence-corrected chi connectivity index (χ0v) is 12.9. The van der Waals surface area contributed by atoms with Crippen molar-refractivity contribution in [1.82, 2.24) is 9.97 Å². The molecule has 0 atom stereocenters. The summed E-state index contributed by atoms with van der Waals surface area (Å²) in [6.45, 7) is 7.00. The molecule has 6 heteroatoms. The Labute approximate surface area is 121 Å². The molecule has 114 valence electrons. The Bertz CT molecular complexity index is 385. The number of aromatic nitrogens is 2. The summed E-state index contributed by atoms with van der Waals surface area (Å²) in [4.78, 5) is 8.93. The number of hydrogen-bond acceptors (Lipinski definition) is 6. The van der Waals surface area contributed by atoms with E-state index < -0.39 is 0 Å². The quantitative estimate of drug-likeness (QED) is 0.641. The summed E-state index contributed by atoms with van der Waals surface area (Å²) in [6.07, 6.45) is 0.930. The summed E-state index contributed by atoms with van der Waals surface area (Å²) < 4.78 is 10.3. The van der Waals surface area contributed by atoms with Crippen LogP contribution in [0.2, 0.25) is 0 Å². The van der Waals surface area contributed by atoms with Crippen LogP contribution in [0.3, 0.4) is 0 Å². The first-order valence-electron chi connectivity index (χ1n) is 7.04. The fourth-order valence-corrected chi connectivity index (χ4v) is 1.58. The van der Waals surface area contributed by atoms with Crippen LogP contribution in [-0.4, -0.2) is 50.5 Å². The van der Waals surface area contributed by atoms with Gasteiger partial charge < -0.3 is 20.1 Å². The molecule has 0 spiro atoms.